The number of alkyl halides is 3. The van der Waals surface area contributed by atoms with E-state index in [1.165, 1.54) is 4.90 Å². The summed E-state index contributed by atoms with van der Waals surface area (Å²) in [6, 6.07) is -0.143. The van der Waals surface area contributed by atoms with Crippen molar-refractivity contribution in [2.75, 3.05) is 13.1 Å². The molecule has 96 valence electrons. The minimum absolute atomic E-state index is 0.143. The van der Waals surface area contributed by atoms with Crippen LogP contribution in [0.1, 0.15) is 33.1 Å². The predicted molar refractivity (Wildman–Crippen MR) is 56.1 cm³/mol. The molecule has 0 aromatic carbocycles. The van der Waals surface area contributed by atoms with E-state index in [1.54, 1.807) is 6.92 Å². The Hall–Kier alpha value is -0.290. The molecule has 16 heavy (non-hydrogen) atoms. The highest BCUT2D eigenvalue weighted by atomic mass is 19.4. The number of nitrogens with zero attached hydrogens (tertiary/aromatic N) is 1. The first-order valence-corrected chi connectivity index (χ1v) is 5.82. The van der Waals surface area contributed by atoms with E-state index in [-0.39, 0.29) is 12.0 Å². The topological polar surface area (TPSA) is 23.5 Å². The largest absolute Gasteiger partial charge is 0.401 e. The first-order chi connectivity index (χ1) is 7.33. The minimum atomic E-state index is -4.15. The summed E-state index contributed by atoms with van der Waals surface area (Å²) >= 11 is 0. The monoisotopic (exact) mass is 239 g/mol. The highest BCUT2D eigenvalue weighted by molar-refractivity contribution is 4.85. The second kappa shape index (κ2) is 5.36. The molecule has 1 rings (SSSR count). The van der Waals surface area contributed by atoms with Crippen molar-refractivity contribution in [1.82, 2.24) is 4.90 Å². The Morgan fingerprint density at radius 1 is 1.31 bits per heavy atom. The Kier molecular flexibility index (Phi) is 4.62. The molecule has 5 heteroatoms. The number of hydrogen-bond acceptors (Lipinski definition) is 2. The van der Waals surface area contributed by atoms with Crippen molar-refractivity contribution in [1.29, 1.82) is 0 Å². The van der Waals surface area contributed by atoms with E-state index in [4.69, 9.17) is 0 Å². The van der Waals surface area contributed by atoms with Gasteiger partial charge in [0.2, 0.25) is 0 Å². The molecule has 1 N–H and O–H groups in total. The van der Waals surface area contributed by atoms with E-state index in [9.17, 15) is 18.3 Å². The zero-order valence-electron chi connectivity index (χ0n) is 9.80. The van der Waals surface area contributed by atoms with E-state index in [0.717, 1.165) is 6.42 Å². The zero-order chi connectivity index (χ0) is 12.3. The fourth-order valence-electron chi connectivity index (χ4n) is 2.48. The molecule has 0 aliphatic heterocycles. The Morgan fingerprint density at radius 3 is 2.44 bits per heavy atom. The van der Waals surface area contributed by atoms with Crippen molar-refractivity contribution in [3.05, 3.63) is 0 Å². The smallest absolute Gasteiger partial charge is 0.393 e. The van der Waals surface area contributed by atoms with Crippen molar-refractivity contribution >= 4 is 0 Å². The van der Waals surface area contributed by atoms with Crippen LogP contribution in [0.2, 0.25) is 0 Å². The second-order valence-electron chi connectivity index (χ2n) is 4.69. The third-order valence-electron chi connectivity index (χ3n) is 3.38. The van der Waals surface area contributed by atoms with E-state index in [1.807, 2.05) is 6.92 Å². The molecule has 0 saturated heterocycles. The molecule has 2 nitrogen and oxygen atoms in total. The molecule has 0 amide bonds. The predicted octanol–water partition coefficient (Wildman–Crippen LogP) is 2.42. The Morgan fingerprint density at radius 2 is 1.94 bits per heavy atom. The number of aliphatic hydroxyl groups is 1. The van der Waals surface area contributed by atoms with Crippen LogP contribution in [-0.2, 0) is 0 Å². The fraction of sp³-hybridized carbons (Fsp3) is 1.00. The summed E-state index contributed by atoms with van der Waals surface area (Å²) in [6.07, 6.45) is -2.62. The van der Waals surface area contributed by atoms with Gasteiger partial charge in [-0.3, -0.25) is 4.90 Å². The van der Waals surface area contributed by atoms with Gasteiger partial charge in [0.05, 0.1) is 12.6 Å². The van der Waals surface area contributed by atoms with Gasteiger partial charge in [0.25, 0.3) is 0 Å². The molecule has 0 radical (unpaired) electrons. The summed E-state index contributed by atoms with van der Waals surface area (Å²) in [5, 5.41) is 9.53. The molecule has 0 aromatic rings. The van der Waals surface area contributed by atoms with Crippen LogP contribution in [-0.4, -0.2) is 41.4 Å². The van der Waals surface area contributed by atoms with Crippen LogP contribution in [0.15, 0.2) is 0 Å². The maximum absolute atomic E-state index is 12.4. The van der Waals surface area contributed by atoms with Gasteiger partial charge in [0, 0.05) is 6.04 Å². The van der Waals surface area contributed by atoms with E-state index in [0.29, 0.717) is 19.4 Å². The van der Waals surface area contributed by atoms with Crippen molar-refractivity contribution in [3.63, 3.8) is 0 Å². The zero-order valence-corrected chi connectivity index (χ0v) is 9.80. The summed E-state index contributed by atoms with van der Waals surface area (Å²) < 4.78 is 37.1. The lowest BCUT2D eigenvalue weighted by molar-refractivity contribution is -0.155. The maximum Gasteiger partial charge on any atom is 0.401 e. The number of aliphatic hydroxyl groups excluding tert-OH is 1. The number of hydrogen-bond donors (Lipinski definition) is 1. The summed E-state index contributed by atoms with van der Waals surface area (Å²) in [6.45, 7) is 3.21. The van der Waals surface area contributed by atoms with Gasteiger partial charge in [0.1, 0.15) is 0 Å². The van der Waals surface area contributed by atoms with Gasteiger partial charge >= 0.3 is 6.18 Å². The van der Waals surface area contributed by atoms with Crippen molar-refractivity contribution < 1.29 is 18.3 Å². The van der Waals surface area contributed by atoms with Crippen LogP contribution in [0.25, 0.3) is 0 Å². The summed E-state index contributed by atoms with van der Waals surface area (Å²) in [7, 11) is 0. The van der Waals surface area contributed by atoms with Gasteiger partial charge in [0.15, 0.2) is 0 Å². The van der Waals surface area contributed by atoms with Crippen LogP contribution >= 0.6 is 0 Å². The average Bonchev–Trinajstić information content (AvgIpc) is 2.17. The molecule has 1 aliphatic carbocycles. The highest BCUT2D eigenvalue weighted by Crippen LogP contribution is 2.30. The average molecular weight is 239 g/mol. The third-order valence-corrected chi connectivity index (χ3v) is 3.38. The lowest BCUT2D eigenvalue weighted by Crippen LogP contribution is -2.48. The molecule has 1 saturated carbocycles. The quantitative estimate of drug-likeness (QED) is 0.817. The van der Waals surface area contributed by atoms with Gasteiger partial charge in [-0.05, 0) is 31.7 Å². The maximum atomic E-state index is 12.4. The van der Waals surface area contributed by atoms with E-state index < -0.39 is 18.8 Å². The van der Waals surface area contributed by atoms with Gasteiger partial charge in [-0.15, -0.1) is 0 Å². The van der Waals surface area contributed by atoms with Crippen molar-refractivity contribution in [2.24, 2.45) is 5.92 Å². The van der Waals surface area contributed by atoms with Crippen LogP contribution in [0.3, 0.4) is 0 Å². The summed E-state index contributed by atoms with van der Waals surface area (Å²) in [4.78, 5) is 1.44. The lowest BCUT2D eigenvalue weighted by atomic mass is 9.83. The number of halogens is 3. The molecule has 0 spiro atoms. The minimum Gasteiger partial charge on any atom is -0.393 e. The van der Waals surface area contributed by atoms with E-state index in [2.05, 4.69) is 0 Å². The van der Waals surface area contributed by atoms with Crippen molar-refractivity contribution in [2.45, 2.75) is 51.4 Å². The fourth-order valence-corrected chi connectivity index (χ4v) is 2.48. The second-order valence-corrected chi connectivity index (χ2v) is 4.69. The molecule has 0 bridgehead atoms. The lowest BCUT2D eigenvalue weighted by Gasteiger charge is -2.40. The Bertz CT molecular complexity index is 220. The molecule has 3 atom stereocenters. The third kappa shape index (κ3) is 3.94. The summed E-state index contributed by atoms with van der Waals surface area (Å²) in [5.74, 6) is 0.227. The van der Waals surface area contributed by atoms with Crippen LogP contribution in [0, 0.1) is 5.92 Å². The molecule has 1 aliphatic rings. The van der Waals surface area contributed by atoms with Gasteiger partial charge in [-0.1, -0.05) is 13.8 Å². The van der Waals surface area contributed by atoms with E-state index >= 15 is 0 Å². The molecule has 1 fully saturated rings. The first-order valence-electron chi connectivity index (χ1n) is 5.82. The van der Waals surface area contributed by atoms with Crippen LogP contribution < -0.4 is 0 Å². The van der Waals surface area contributed by atoms with Gasteiger partial charge in [-0.2, -0.15) is 13.2 Å². The Labute approximate surface area is 94.4 Å². The van der Waals surface area contributed by atoms with Gasteiger partial charge < -0.3 is 5.11 Å². The number of rotatable bonds is 3. The first kappa shape index (κ1) is 13.8. The highest BCUT2D eigenvalue weighted by Gasteiger charge is 2.37. The molecular weight excluding hydrogens is 219 g/mol. The molecule has 0 heterocycles. The normalized spacial score (nSPS) is 32.1. The summed E-state index contributed by atoms with van der Waals surface area (Å²) in [5.41, 5.74) is 0. The Balaban J connectivity index is 2.63. The SMILES string of the molecule is CCN(CC(F)(F)F)C1CC(O)CCC1C. The van der Waals surface area contributed by atoms with Crippen LogP contribution in [0.5, 0.6) is 0 Å². The van der Waals surface area contributed by atoms with Crippen LogP contribution in [0.4, 0.5) is 13.2 Å². The molecular formula is C11H20F3NO. The van der Waals surface area contributed by atoms with Gasteiger partial charge in [-0.25, -0.2) is 0 Å². The molecule has 0 aromatic heterocycles. The molecule has 3 unspecified atom stereocenters. The van der Waals surface area contributed by atoms with Crippen molar-refractivity contribution in [3.8, 4) is 0 Å². The standard InChI is InChI=1S/C11H20F3NO/c1-3-15(7-11(12,13)14)10-6-9(16)5-4-8(10)2/h8-10,16H,3-7H2,1-2H3.